The van der Waals surface area contributed by atoms with E-state index in [0.717, 1.165) is 0 Å². The normalized spacial score (nSPS) is 9.91. The van der Waals surface area contributed by atoms with E-state index < -0.39 is 19.6 Å². The molecule has 0 aromatic rings. The van der Waals surface area contributed by atoms with Crippen molar-refractivity contribution >= 4 is 6.03 Å². The fourth-order valence-electron chi connectivity index (χ4n) is 0.479. The predicted octanol–water partition coefficient (Wildman–Crippen LogP) is 1.26. The maximum absolute atomic E-state index is 11.8. The molecule has 0 heterocycles. The van der Waals surface area contributed by atoms with E-state index in [-0.39, 0.29) is 6.04 Å². The molecule has 0 aromatic carbocycles. The Hall–Kier alpha value is -0.870. The minimum absolute atomic E-state index is 0.108. The first-order valence-corrected chi connectivity index (χ1v) is 3.29. The van der Waals surface area contributed by atoms with Gasteiger partial charge in [0.25, 0.3) is 0 Å². The van der Waals surface area contributed by atoms with Crippen molar-refractivity contribution in [2.24, 2.45) is 0 Å². The summed E-state index contributed by atoms with van der Waals surface area (Å²) >= 11 is 0. The van der Waals surface area contributed by atoms with E-state index in [0.29, 0.717) is 4.90 Å². The smallest absolute Gasteiger partial charge is 0.321 e. The van der Waals surface area contributed by atoms with Gasteiger partial charge >= 0.3 is 6.03 Å². The summed E-state index contributed by atoms with van der Waals surface area (Å²) < 4.78 is 23.6. The molecule has 0 saturated carbocycles. The lowest BCUT2D eigenvalue weighted by atomic mass is 10.4. The molecular formula is C6H12F2N2O. The van der Waals surface area contributed by atoms with Gasteiger partial charge in [-0.05, 0) is 13.8 Å². The summed E-state index contributed by atoms with van der Waals surface area (Å²) in [6.07, 6.45) is 0. The number of hydrogen-bond acceptors (Lipinski definition) is 1. The maximum atomic E-state index is 11.8. The lowest BCUT2D eigenvalue weighted by Gasteiger charge is -2.16. The molecule has 0 radical (unpaired) electrons. The average molecular weight is 166 g/mol. The van der Waals surface area contributed by atoms with Gasteiger partial charge in [-0.15, -0.1) is 0 Å². The van der Waals surface area contributed by atoms with Crippen molar-refractivity contribution in [1.29, 1.82) is 0 Å². The van der Waals surface area contributed by atoms with Gasteiger partial charge in [-0.2, -0.15) is 0 Å². The molecule has 0 atom stereocenters. The highest BCUT2D eigenvalue weighted by atomic mass is 19.1. The number of amides is 2. The van der Waals surface area contributed by atoms with E-state index in [1.165, 1.54) is 0 Å². The first kappa shape index (κ1) is 10.1. The zero-order valence-electron chi connectivity index (χ0n) is 6.60. The molecule has 1 N–H and O–H groups in total. The summed E-state index contributed by atoms with van der Waals surface area (Å²) in [5.41, 5.74) is 0. The second-order valence-corrected chi connectivity index (χ2v) is 2.38. The Bertz CT molecular complexity index is 126. The summed E-state index contributed by atoms with van der Waals surface area (Å²) in [7, 11) is 0. The van der Waals surface area contributed by atoms with Crippen molar-refractivity contribution in [1.82, 2.24) is 10.2 Å². The Morgan fingerprint density at radius 1 is 1.45 bits per heavy atom. The van der Waals surface area contributed by atoms with E-state index in [1.807, 2.05) is 0 Å². The summed E-state index contributed by atoms with van der Waals surface area (Å²) in [6.45, 7) is 1.23. The molecule has 0 bridgehead atoms. The Kier molecular flexibility index (Phi) is 4.49. The van der Waals surface area contributed by atoms with Crippen molar-refractivity contribution < 1.29 is 13.6 Å². The van der Waals surface area contributed by atoms with Gasteiger partial charge in [-0.1, -0.05) is 0 Å². The fraction of sp³-hybridized carbons (Fsp3) is 0.833. The lowest BCUT2D eigenvalue weighted by Crippen LogP contribution is -2.42. The van der Waals surface area contributed by atoms with Gasteiger partial charge in [0, 0.05) is 6.04 Å². The minimum Gasteiger partial charge on any atom is -0.336 e. The molecule has 66 valence electrons. The number of urea groups is 1. The van der Waals surface area contributed by atoms with E-state index in [1.54, 1.807) is 13.8 Å². The predicted molar refractivity (Wildman–Crippen MR) is 37.5 cm³/mol. The molecule has 0 unspecified atom stereocenters. The van der Waals surface area contributed by atoms with Crippen LogP contribution in [0, 0.1) is 0 Å². The topological polar surface area (TPSA) is 32.3 Å². The molecule has 0 aliphatic rings. The van der Waals surface area contributed by atoms with Crippen molar-refractivity contribution in [2.75, 3.05) is 13.6 Å². The van der Waals surface area contributed by atoms with Gasteiger partial charge in [-0.3, -0.25) is 4.90 Å². The standard InChI is InChI=1S/C6H12F2N2O/c1-5(2)9-6(11)10(3-7)4-8/h5H,3-4H2,1-2H3,(H,9,11). The van der Waals surface area contributed by atoms with Crippen molar-refractivity contribution in [3.8, 4) is 0 Å². The van der Waals surface area contributed by atoms with Gasteiger partial charge in [0.1, 0.15) is 0 Å². The number of carbonyl (C=O) groups is 1. The number of hydrogen-bond donors (Lipinski definition) is 1. The maximum Gasteiger partial charge on any atom is 0.321 e. The van der Waals surface area contributed by atoms with Gasteiger partial charge in [-0.25, -0.2) is 13.6 Å². The first-order valence-electron chi connectivity index (χ1n) is 3.29. The molecule has 0 rings (SSSR count). The second kappa shape index (κ2) is 4.87. The monoisotopic (exact) mass is 166 g/mol. The molecule has 11 heavy (non-hydrogen) atoms. The average Bonchev–Trinajstić information content (AvgIpc) is 1.88. The van der Waals surface area contributed by atoms with E-state index in [2.05, 4.69) is 5.32 Å². The lowest BCUT2D eigenvalue weighted by molar-refractivity contribution is 0.136. The fourth-order valence-corrected chi connectivity index (χ4v) is 0.479. The number of nitrogens with one attached hydrogen (secondary N) is 1. The number of halogens is 2. The molecular weight excluding hydrogens is 154 g/mol. The van der Waals surface area contributed by atoms with Crippen LogP contribution in [0.5, 0.6) is 0 Å². The summed E-state index contributed by atoms with van der Waals surface area (Å²) in [4.78, 5) is 11.2. The van der Waals surface area contributed by atoms with Gasteiger partial charge in [0.05, 0.1) is 0 Å². The zero-order chi connectivity index (χ0) is 8.85. The van der Waals surface area contributed by atoms with E-state index in [4.69, 9.17) is 0 Å². The molecule has 0 aromatic heterocycles. The highest BCUT2D eigenvalue weighted by molar-refractivity contribution is 5.74. The Morgan fingerprint density at radius 3 is 2.18 bits per heavy atom. The van der Waals surface area contributed by atoms with E-state index in [9.17, 15) is 13.6 Å². The number of rotatable bonds is 3. The summed E-state index contributed by atoms with van der Waals surface area (Å²) in [5.74, 6) is 0. The van der Waals surface area contributed by atoms with Crippen molar-refractivity contribution in [3.05, 3.63) is 0 Å². The van der Waals surface area contributed by atoms with Crippen LogP contribution in [0.15, 0.2) is 0 Å². The van der Waals surface area contributed by atoms with Crippen molar-refractivity contribution in [2.45, 2.75) is 19.9 Å². The van der Waals surface area contributed by atoms with Crippen LogP contribution in [-0.2, 0) is 0 Å². The molecule has 0 aliphatic carbocycles. The molecule has 0 fully saturated rings. The van der Waals surface area contributed by atoms with Crippen LogP contribution in [0.2, 0.25) is 0 Å². The quantitative estimate of drug-likeness (QED) is 0.629. The molecule has 3 nitrogen and oxygen atoms in total. The van der Waals surface area contributed by atoms with Gasteiger partial charge in [0.15, 0.2) is 13.6 Å². The second-order valence-electron chi connectivity index (χ2n) is 2.38. The number of carbonyl (C=O) groups excluding carboxylic acids is 1. The van der Waals surface area contributed by atoms with Crippen LogP contribution < -0.4 is 5.32 Å². The summed E-state index contributed by atoms with van der Waals surface area (Å²) in [5, 5.41) is 2.35. The van der Waals surface area contributed by atoms with E-state index >= 15 is 0 Å². The molecule has 0 spiro atoms. The minimum atomic E-state index is -1.10. The molecule has 0 aliphatic heterocycles. The molecule has 2 amide bonds. The van der Waals surface area contributed by atoms with Crippen LogP contribution in [0.1, 0.15) is 13.8 Å². The van der Waals surface area contributed by atoms with Gasteiger partial charge < -0.3 is 5.32 Å². The highest BCUT2D eigenvalue weighted by Crippen LogP contribution is 1.91. The van der Waals surface area contributed by atoms with Crippen molar-refractivity contribution in [3.63, 3.8) is 0 Å². The SMILES string of the molecule is CC(C)NC(=O)N(CF)CF. The largest absolute Gasteiger partial charge is 0.336 e. The summed E-state index contributed by atoms with van der Waals surface area (Å²) in [6, 6.07) is -0.826. The van der Waals surface area contributed by atoms with Gasteiger partial charge in [0.2, 0.25) is 0 Å². The van der Waals surface area contributed by atoms with Crippen LogP contribution >= 0.6 is 0 Å². The van der Waals surface area contributed by atoms with Crippen LogP contribution in [-0.4, -0.2) is 30.6 Å². The van der Waals surface area contributed by atoms with Crippen LogP contribution in [0.4, 0.5) is 13.6 Å². The molecule has 0 saturated heterocycles. The number of alkyl halides is 2. The Morgan fingerprint density at radius 2 is 1.91 bits per heavy atom. The Labute approximate surface area is 64.4 Å². The first-order chi connectivity index (χ1) is 5.11. The van der Waals surface area contributed by atoms with Crippen LogP contribution in [0.25, 0.3) is 0 Å². The highest BCUT2D eigenvalue weighted by Gasteiger charge is 2.12. The van der Waals surface area contributed by atoms with Crippen LogP contribution in [0.3, 0.4) is 0 Å². The third-order valence-corrected chi connectivity index (χ3v) is 0.988. The zero-order valence-corrected chi connectivity index (χ0v) is 6.60. The Balaban J connectivity index is 3.79. The molecule has 5 heteroatoms. The number of nitrogens with zero attached hydrogens (tertiary/aromatic N) is 1. The third-order valence-electron chi connectivity index (χ3n) is 0.988. The third kappa shape index (κ3) is 3.75.